The van der Waals surface area contributed by atoms with Crippen molar-refractivity contribution < 1.29 is 17.9 Å². The number of hydrogen-bond donors (Lipinski definition) is 2. The molecule has 1 heterocycles. The van der Waals surface area contributed by atoms with Gasteiger partial charge < -0.3 is 15.4 Å². The second-order valence-electron chi connectivity index (χ2n) is 4.60. The predicted molar refractivity (Wildman–Crippen MR) is 98.8 cm³/mol. The lowest BCUT2D eigenvalue weighted by Gasteiger charge is -2.11. The van der Waals surface area contributed by atoms with Gasteiger partial charge in [0.15, 0.2) is 5.96 Å². The summed E-state index contributed by atoms with van der Waals surface area (Å²) < 4.78 is 40.1. The summed E-state index contributed by atoms with van der Waals surface area (Å²) in [6.45, 7) is 2.16. The quantitative estimate of drug-likeness (QED) is 0.267. The summed E-state index contributed by atoms with van der Waals surface area (Å²) in [6, 6.07) is 4.19. The molecule has 0 saturated heterocycles. The number of halogens is 4. The van der Waals surface area contributed by atoms with E-state index in [4.69, 9.17) is 0 Å². The lowest BCUT2D eigenvalue weighted by molar-refractivity contribution is -0.173. The van der Waals surface area contributed by atoms with E-state index in [0.717, 1.165) is 6.42 Å². The van der Waals surface area contributed by atoms with E-state index in [9.17, 15) is 13.2 Å². The molecular formula is C14H23F3IN3OS. The lowest BCUT2D eigenvalue weighted by atomic mass is 10.3. The third-order valence-electron chi connectivity index (χ3n) is 2.74. The van der Waals surface area contributed by atoms with Crippen LogP contribution < -0.4 is 10.6 Å². The highest BCUT2D eigenvalue weighted by molar-refractivity contribution is 14.0. The Morgan fingerprint density at radius 2 is 1.96 bits per heavy atom. The Bertz CT molecular complexity index is 466. The highest BCUT2D eigenvalue weighted by Crippen LogP contribution is 2.16. The topological polar surface area (TPSA) is 45.7 Å². The molecule has 0 aliphatic heterocycles. The van der Waals surface area contributed by atoms with Crippen molar-refractivity contribution in [2.75, 3.05) is 26.8 Å². The van der Waals surface area contributed by atoms with Gasteiger partial charge in [0.25, 0.3) is 0 Å². The van der Waals surface area contributed by atoms with Gasteiger partial charge in [-0.05, 0) is 25.0 Å². The van der Waals surface area contributed by atoms with Crippen LogP contribution in [0.5, 0.6) is 0 Å². The molecule has 0 aliphatic rings. The summed E-state index contributed by atoms with van der Waals surface area (Å²) in [5, 5.41) is 6.21. The van der Waals surface area contributed by atoms with E-state index in [1.807, 2.05) is 0 Å². The molecule has 1 aromatic rings. The van der Waals surface area contributed by atoms with E-state index < -0.39 is 12.8 Å². The fourth-order valence-corrected chi connectivity index (χ4v) is 2.57. The Morgan fingerprint density at radius 3 is 2.52 bits per heavy atom. The Balaban J connectivity index is 0.00000484. The van der Waals surface area contributed by atoms with E-state index in [0.29, 0.717) is 25.5 Å². The molecule has 4 nitrogen and oxygen atoms in total. The van der Waals surface area contributed by atoms with Crippen LogP contribution in [0.1, 0.15) is 23.1 Å². The summed E-state index contributed by atoms with van der Waals surface area (Å²) in [5.41, 5.74) is 0. The van der Waals surface area contributed by atoms with Crippen LogP contribution in [-0.4, -0.2) is 38.9 Å². The maximum Gasteiger partial charge on any atom is 0.411 e. The molecule has 1 aromatic heterocycles. The van der Waals surface area contributed by atoms with Crippen LogP contribution in [0.15, 0.2) is 17.1 Å². The van der Waals surface area contributed by atoms with Crippen LogP contribution in [0.3, 0.4) is 0 Å². The van der Waals surface area contributed by atoms with Crippen LogP contribution in [0.4, 0.5) is 13.2 Å². The first-order valence-electron chi connectivity index (χ1n) is 7.11. The van der Waals surface area contributed by atoms with Crippen molar-refractivity contribution in [3.8, 4) is 0 Å². The van der Waals surface area contributed by atoms with E-state index in [1.54, 1.807) is 18.4 Å². The summed E-state index contributed by atoms with van der Waals surface area (Å²) in [7, 11) is 1.65. The van der Waals surface area contributed by atoms with Gasteiger partial charge in [0.1, 0.15) is 6.61 Å². The zero-order valence-electron chi connectivity index (χ0n) is 13.2. The van der Waals surface area contributed by atoms with Gasteiger partial charge >= 0.3 is 6.18 Å². The van der Waals surface area contributed by atoms with Crippen molar-refractivity contribution in [3.63, 3.8) is 0 Å². The summed E-state index contributed by atoms with van der Waals surface area (Å²) in [4.78, 5) is 6.62. The second kappa shape index (κ2) is 11.9. The number of nitrogens with one attached hydrogen (secondary N) is 2. The van der Waals surface area contributed by atoms with Crippen LogP contribution in [-0.2, 0) is 17.7 Å². The van der Waals surface area contributed by atoms with Crippen molar-refractivity contribution >= 4 is 41.3 Å². The smallest absolute Gasteiger partial charge is 0.372 e. The van der Waals surface area contributed by atoms with Crippen LogP contribution in [0.2, 0.25) is 0 Å². The van der Waals surface area contributed by atoms with Crippen LogP contribution >= 0.6 is 35.3 Å². The molecule has 0 unspecified atom stereocenters. The maximum atomic E-state index is 11.9. The Labute approximate surface area is 155 Å². The standard InChI is InChI=1S/C14H22F3N3OS.HI/c1-3-11-5-6-12(22-11)9-20-13(18-2)19-7-4-8-21-10-14(15,16)17;/h5-6H,3-4,7-10H2,1-2H3,(H2,18,19,20);1H. The number of aryl methyl sites for hydroxylation is 1. The highest BCUT2D eigenvalue weighted by Gasteiger charge is 2.27. The molecule has 0 bridgehead atoms. The first kappa shape index (κ1) is 22.4. The first-order valence-corrected chi connectivity index (χ1v) is 7.93. The number of hydrogen-bond acceptors (Lipinski definition) is 3. The monoisotopic (exact) mass is 465 g/mol. The van der Waals surface area contributed by atoms with E-state index in [1.165, 1.54) is 9.75 Å². The summed E-state index contributed by atoms with van der Waals surface area (Å²) in [5.74, 6) is 0.627. The average Bonchev–Trinajstić information content (AvgIpc) is 2.92. The van der Waals surface area contributed by atoms with Gasteiger partial charge in [0.05, 0.1) is 6.54 Å². The molecule has 1 rings (SSSR count). The molecule has 0 aliphatic carbocycles. The minimum Gasteiger partial charge on any atom is -0.372 e. The Kier molecular flexibility index (Phi) is 11.6. The van der Waals surface area contributed by atoms with Gasteiger partial charge in [-0.15, -0.1) is 35.3 Å². The molecule has 0 fully saturated rings. The van der Waals surface area contributed by atoms with Gasteiger partial charge in [0, 0.05) is 30.0 Å². The summed E-state index contributed by atoms with van der Waals surface area (Å²) >= 11 is 1.75. The zero-order chi connectivity index (χ0) is 16.4. The summed E-state index contributed by atoms with van der Waals surface area (Å²) in [6.07, 6.45) is -2.76. The fourth-order valence-electron chi connectivity index (χ4n) is 1.67. The molecule has 9 heteroatoms. The fraction of sp³-hybridized carbons (Fsp3) is 0.643. The largest absolute Gasteiger partial charge is 0.411 e. The van der Waals surface area contributed by atoms with Gasteiger partial charge in [0.2, 0.25) is 0 Å². The number of rotatable bonds is 8. The molecule has 0 atom stereocenters. The number of alkyl halides is 3. The molecule has 0 amide bonds. The Morgan fingerprint density at radius 1 is 1.26 bits per heavy atom. The average molecular weight is 465 g/mol. The molecule has 2 N–H and O–H groups in total. The normalized spacial score (nSPS) is 12.0. The maximum absolute atomic E-state index is 11.9. The number of aliphatic imine (C=N–C) groups is 1. The van der Waals surface area contributed by atoms with Crippen LogP contribution in [0.25, 0.3) is 0 Å². The van der Waals surface area contributed by atoms with Crippen molar-refractivity contribution in [3.05, 3.63) is 21.9 Å². The second-order valence-corrected chi connectivity index (χ2v) is 5.85. The van der Waals surface area contributed by atoms with Crippen molar-refractivity contribution in [2.45, 2.75) is 32.5 Å². The van der Waals surface area contributed by atoms with Gasteiger partial charge in [-0.2, -0.15) is 13.2 Å². The number of guanidine groups is 1. The van der Waals surface area contributed by atoms with Gasteiger partial charge in [-0.3, -0.25) is 4.99 Å². The number of nitrogens with zero attached hydrogens (tertiary/aromatic N) is 1. The van der Waals surface area contributed by atoms with E-state index in [2.05, 4.69) is 39.4 Å². The molecule has 0 aromatic carbocycles. The molecular weight excluding hydrogens is 442 g/mol. The van der Waals surface area contributed by atoms with Crippen LogP contribution in [0, 0.1) is 0 Å². The molecule has 0 radical (unpaired) electrons. The minimum atomic E-state index is -4.26. The van der Waals surface area contributed by atoms with Gasteiger partial charge in [-0.1, -0.05) is 6.92 Å². The van der Waals surface area contributed by atoms with Crippen molar-refractivity contribution in [2.24, 2.45) is 4.99 Å². The molecule has 23 heavy (non-hydrogen) atoms. The predicted octanol–water partition coefficient (Wildman–Crippen LogP) is 3.56. The molecule has 0 spiro atoms. The first-order chi connectivity index (χ1) is 10.4. The third-order valence-corrected chi connectivity index (χ3v) is 3.97. The zero-order valence-corrected chi connectivity index (χ0v) is 16.4. The van der Waals surface area contributed by atoms with Crippen molar-refractivity contribution in [1.82, 2.24) is 10.6 Å². The minimum absolute atomic E-state index is 0. The third kappa shape index (κ3) is 10.8. The highest BCUT2D eigenvalue weighted by atomic mass is 127. The van der Waals surface area contributed by atoms with Gasteiger partial charge in [-0.25, -0.2) is 0 Å². The molecule has 134 valence electrons. The SMILES string of the molecule is CCc1ccc(CNC(=NC)NCCCOCC(F)(F)F)s1.I. The van der Waals surface area contributed by atoms with E-state index >= 15 is 0 Å². The lowest BCUT2D eigenvalue weighted by Crippen LogP contribution is -2.37. The number of ether oxygens (including phenoxy) is 1. The number of thiophene rings is 1. The molecule has 0 saturated carbocycles. The Hall–Kier alpha value is -0.550. The van der Waals surface area contributed by atoms with Crippen molar-refractivity contribution in [1.29, 1.82) is 0 Å². The van der Waals surface area contributed by atoms with E-state index in [-0.39, 0.29) is 30.6 Å².